The zero-order chi connectivity index (χ0) is 13.1. The Hall–Kier alpha value is -2.05. The van der Waals surface area contributed by atoms with Crippen molar-refractivity contribution >= 4 is 16.9 Å². The molecule has 17 heavy (non-hydrogen) atoms. The highest BCUT2D eigenvalue weighted by atomic mass is 19.4. The van der Waals surface area contributed by atoms with Gasteiger partial charge in [-0.25, -0.2) is 0 Å². The van der Waals surface area contributed by atoms with Crippen molar-refractivity contribution in [1.29, 1.82) is 0 Å². The van der Waals surface area contributed by atoms with Crippen LogP contribution in [0.15, 0.2) is 30.5 Å². The first-order chi connectivity index (χ1) is 7.80. The van der Waals surface area contributed by atoms with Crippen molar-refractivity contribution in [3.63, 3.8) is 0 Å². The van der Waals surface area contributed by atoms with E-state index in [2.05, 4.69) is 23.4 Å². The average Bonchev–Trinajstić information content (AvgIpc) is 2.57. The molecule has 2 rings (SSSR count). The molecule has 0 amide bonds. The molecule has 92 valence electrons. The van der Waals surface area contributed by atoms with Crippen LogP contribution < -0.4 is 9.79 Å². The Morgan fingerprint density at radius 3 is 2.35 bits per heavy atom. The van der Waals surface area contributed by atoms with E-state index in [9.17, 15) is 13.2 Å². The number of carboxylic acids is 1. The summed E-state index contributed by atoms with van der Waals surface area (Å²) in [5.74, 6) is -3.01. The van der Waals surface area contributed by atoms with Gasteiger partial charge in [0.25, 0.3) is 0 Å². The summed E-state index contributed by atoms with van der Waals surface area (Å²) in [6.07, 6.45) is -3.13. The number of para-hydroxylation sites is 1. The number of aryl methyl sites for hydroxylation is 1. The minimum absolute atomic E-state index is 1.19. The molecule has 1 aromatic carbocycles. The lowest BCUT2D eigenvalue weighted by Gasteiger charge is -2.03. The van der Waals surface area contributed by atoms with Crippen LogP contribution in [0.3, 0.4) is 0 Å². The number of aromatic nitrogens is 2. The van der Waals surface area contributed by atoms with Crippen LogP contribution in [0.25, 0.3) is 10.9 Å². The molecule has 0 aliphatic carbocycles. The molecule has 1 heterocycles. The molecule has 0 radical (unpaired) electrons. The number of rotatable bonds is 0. The van der Waals surface area contributed by atoms with E-state index in [0.717, 1.165) is 0 Å². The molecule has 7 heteroatoms. The minimum atomic E-state index is -5.19. The number of carboxylic acid groups (broad SMARTS) is 1. The summed E-state index contributed by atoms with van der Waals surface area (Å²) >= 11 is 0. The molecule has 0 fully saturated rings. The van der Waals surface area contributed by atoms with Crippen molar-refractivity contribution in [2.75, 3.05) is 0 Å². The Bertz CT molecular complexity index is 486. The SMILES string of the molecule is C[n+]1cc2ccccc2[nH]1.O=C([O-])C(F)(F)F. The second-order valence-corrected chi connectivity index (χ2v) is 3.22. The number of alkyl halides is 3. The van der Waals surface area contributed by atoms with Gasteiger partial charge in [0.15, 0.2) is 7.05 Å². The van der Waals surface area contributed by atoms with E-state index in [4.69, 9.17) is 9.90 Å². The number of H-pyrrole nitrogens is 1. The fourth-order valence-corrected chi connectivity index (χ4v) is 1.14. The third kappa shape index (κ3) is 3.78. The Morgan fingerprint density at radius 1 is 1.35 bits per heavy atom. The van der Waals surface area contributed by atoms with E-state index >= 15 is 0 Å². The maximum Gasteiger partial charge on any atom is 0.430 e. The van der Waals surface area contributed by atoms with Crippen LogP contribution in [-0.4, -0.2) is 17.2 Å². The van der Waals surface area contributed by atoms with Crippen LogP contribution in [-0.2, 0) is 11.8 Å². The number of benzene rings is 1. The fraction of sp³-hybridized carbons (Fsp3) is 0.200. The van der Waals surface area contributed by atoms with E-state index in [0.29, 0.717) is 0 Å². The summed E-state index contributed by atoms with van der Waals surface area (Å²) < 4.78 is 33.5. The summed E-state index contributed by atoms with van der Waals surface area (Å²) in [6.45, 7) is 0. The third-order valence-electron chi connectivity index (χ3n) is 1.82. The normalized spacial score (nSPS) is 10.8. The van der Waals surface area contributed by atoms with Gasteiger partial charge in [0.05, 0.1) is 5.39 Å². The molecule has 0 saturated carbocycles. The predicted molar refractivity (Wildman–Crippen MR) is 50.5 cm³/mol. The number of hydrogen-bond donors (Lipinski definition) is 1. The highest BCUT2D eigenvalue weighted by Crippen LogP contribution is 2.11. The zero-order valence-electron chi connectivity index (χ0n) is 8.78. The second kappa shape index (κ2) is 4.86. The number of carbonyl (C=O) groups is 1. The first-order valence-electron chi connectivity index (χ1n) is 4.52. The molecule has 2 aromatic rings. The summed E-state index contributed by atoms with van der Waals surface area (Å²) in [5, 5.41) is 13.2. The molecule has 4 nitrogen and oxygen atoms in total. The Morgan fingerprint density at radius 2 is 1.88 bits per heavy atom. The minimum Gasteiger partial charge on any atom is -0.542 e. The number of aliphatic carboxylic acids is 1. The van der Waals surface area contributed by atoms with Crippen LogP contribution >= 0.6 is 0 Å². The number of nitrogens with zero attached hydrogens (tertiary/aromatic N) is 1. The quantitative estimate of drug-likeness (QED) is 0.679. The lowest BCUT2D eigenvalue weighted by molar-refractivity contribution is -0.724. The Kier molecular flexibility index (Phi) is 3.72. The van der Waals surface area contributed by atoms with Crippen molar-refractivity contribution < 1.29 is 27.8 Å². The van der Waals surface area contributed by atoms with Crippen molar-refractivity contribution in [1.82, 2.24) is 5.10 Å². The molecule has 1 N–H and O–H groups in total. The summed E-state index contributed by atoms with van der Waals surface area (Å²) in [5.41, 5.74) is 1.19. The molecule has 0 unspecified atom stereocenters. The van der Waals surface area contributed by atoms with Gasteiger partial charge in [-0.05, 0) is 12.1 Å². The average molecular weight is 246 g/mol. The first kappa shape index (κ1) is 13.0. The number of halogens is 3. The Labute approximate surface area is 94.3 Å². The molecule has 1 aromatic heterocycles. The third-order valence-corrected chi connectivity index (χ3v) is 1.82. The van der Waals surface area contributed by atoms with E-state index in [1.165, 1.54) is 10.9 Å². The van der Waals surface area contributed by atoms with Crippen LogP contribution in [0.4, 0.5) is 13.2 Å². The van der Waals surface area contributed by atoms with Gasteiger partial charge in [-0.1, -0.05) is 12.1 Å². The zero-order valence-corrected chi connectivity index (χ0v) is 8.78. The van der Waals surface area contributed by atoms with Crippen LogP contribution in [0, 0.1) is 0 Å². The lowest BCUT2D eigenvalue weighted by atomic mass is 10.3. The van der Waals surface area contributed by atoms with Crippen molar-refractivity contribution in [2.24, 2.45) is 7.05 Å². The van der Waals surface area contributed by atoms with Gasteiger partial charge in [0.2, 0.25) is 6.20 Å². The maximum absolute atomic E-state index is 10.5. The number of carbonyl (C=O) groups excluding carboxylic acids is 1. The van der Waals surface area contributed by atoms with Crippen molar-refractivity contribution in [3.05, 3.63) is 30.5 Å². The first-order valence-corrected chi connectivity index (χ1v) is 4.52. The molecule has 0 atom stereocenters. The van der Waals surface area contributed by atoms with Gasteiger partial charge < -0.3 is 9.90 Å². The molecule has 0 bridgehead atoms. The molecular formula is C10H9F3N2O2. The smallest absolute Gasteiger partial charge is 0.430 e. The monoisotopic (exact) mass is 246 g/mol. The highest BCUT2D eigenvalue weighted by molar-refractivity contribution is 5.76. The molecule has 0 aliphatic heterocycles. The predicted octanol–water partition coefficient (Wildman–Crippen LogP) is 0.291. The van der Waals surface area contributed by atoms with E-state index < -0.39 is 12.1 Å². The standard InChI is InChI=1S/C8H8N2.C2HF3O2/c1-10-6-7-4-2-3-5-8(7)9-10;3-2(4,5)1(6)7/h2-6H,1H3;(H,6,7). The van der Waals surface area contributed by atoms with Gasteiger partial charge in [-0.3, -0.25) is 0 Å². The number of aromatic amines is 1. The number of nitrogens with one attached hydrogen (secondary N) is 1. The number of hydrogen-bond acceptors (Lipinski definition) is 2. The molecule has 0 aliphatic rings. The van der Waals surface area contributed by atoms with Gasteiger partial charge in [0.1, 0.15) is 11.5 Å². The number of fused-ring (bicyclic) bond motifs is 1. The lowest BCUT2D eigenvalue weighted by Crippen LogP contribution is -2.37. The topological polar surface area (TPSA) is 59.8 Å². The van der Waals surface area contributed by atoms with E-state index in [-0.39, 0.29) is 0 Å². The van der Waals surface area contributed by atoms with Gasteiger partial charge in [0, 0.05) is 0 Å². The van der Waals surface area contributed by atoms with Gasteiger partial charge >= 0.3 is 6.18 Å². The van der Waals surface area contributed by atoms with Crippen LogP contribution in [0.1, 0.15) is 0 Å². The van der Waals surface area contributed by atoms with Crippen LogP contribution in [0.2, 0.25) is 0 Å². The van der Waals surface area contributed by atoms with Gasteiger partial charge in [-0.2, -0.15) is 18.3 Å². The van der Waals surface area contributed by atoms with E-state index in [1.807, 2.05) is 23.9 Å². The highest BCUT2D eigenvalue weighted by Gasteiger charge is 2.28. The van der Waals surface area contributed by atoms with Crippen molar-refractivity contribution in [2.45, 2.75) is 6.18 Å². The Balaban J connectivity index is 0.000000185. The fourth-order valence-electron chi connectivity index (χ4n) is 1.14. The summed E-state index contributed by atoms with van der Waals surface area (Å²) in [7, 11) is 1.99. The summed E-state index contributed by atoms with van der Waals surface area (Å²) in [6, 6.07) is 8.22. The van der Waals surface area contributed by atoms with Crippen molar-refractivity contribution in [3.8, 4) is 0 Å². The molecule has 0 saturated heterocycles. The maximum atomic E-state index is 10.5. The van der Waals surface area contributed by atoms with E-state index in [1.54, 1.807) is 0 Å². The van der Waals surface area contributed by atoms with Crippen LogP contribution in [0.5, 0.6) is 0 Å². The molecule has 0 spiro atoms. The van der Waals surface area contributed by atoms with Gasteiger partial charge in [-0.15, -0.1) is 4.68 Å². The second-order valence-electron chi connectivity index (χ2n) is 3.22. The summed E-state index contributed by atoms with van der Waals surface area (Å²) in [4.78, 5) is 8.78. The largest absolute Gasteiger partial charge is 0.542 e. The molecular weight excluding hydrogens is 237 g/mol.